The van der Waals surface area contributed by atoms with E-state index in [1.807, 2.05) is 13.0 Å². The minimum Gasteiger partial charge on any atom is -0.264 e. The van der Waals surface area contributed by atoms with Gasteiger partial charge in [0.2, 0.25) is 0 Å². The maximum atomic E-state index is 8.46. The third-order valence-electron chi connectivity index (χ3n) is 1.56. The first kappa shape index (κ1) is 9.21. The van der Waals surface area contributed by atoms with Crippen molar-refractivity contribution in [3.05, 3.63) is 29.6 Å². The van der Waals surface area contributed by atoms with Crippen LogP contribution in [0.1, 0.15) is 22.9 Å². The van der Waals surface area contributed by atoms with Crippen LogP contribution in [0, 0.1) is 11.3 Å². The summed E-state index contributed by atoms with van der Waals surface area (Å²) in [5.41, 5.74) is 2.09. The van der Waals surface area contributed by atoms with E-state index in [-0.39, 0.29) is 0 Å². The molecule has 0 saturated heterocycles. The van der Waals surface area contributed by atoms with Crippen molar-refractivity contribution in [3.63, 3.8) is 0 Å². The Labute approximate surface area is 80.4 Å². The van der Waals surface area contributed by atoms with Crippen LogP contribution >= 0.6 is 15.9 Å². The molecule has 1 unspecified atom stereocenters. The molecule has 0 aliphatic carbocycles. The first-order valence-corrected chi connectivity index (χ1v) is 4.60. The van der Waals surface area contributed by atoms with E-state index >= 15 is 0 Å². The van der Waals surface area contributed by atoms with Crippen molar-refractivity contribution in [3.8, 4) is 6.07 Å². The van der Waals surface area contributed by atoms with E-state index < -0.39 is 0 Å². The van der Waals surface area contributed by atoms with Gasteiger partial charge in [0.05, 0.1) is 12.5 Å². The highest BCUT2D eigenvalue weighted by Crippen LogP contribution is 2.21. The molecule has 0 aliphatic heterocycles. The minimum absolute atomic E-state index is 0.295. The van der Waals surface area contributed by atoms with Crippen LogP contribution in [0.4, 0.5) is 0 Å². The van der Waals surface area contributed by atoms with Crippen LogP contribution in [-0.4, -0.2) is 4.98 Å². The highest BCUT2D eigenvalue weighted by atomic mass is 79.9. The molecule has 0 amide bonds. The van der Waals surface area contributed by atoms with Crippen LogP contribution in [0.15, 0.2) is 18.5 Å². The SMILES string of the molecule is CC(Br)c1cncc(CC#N)c1. The zero-order valence-corrected chi connectivity index (χ0v) is 8.37. The van der Waals surface area contributed by atoms with E-state index in [2.05, 4.69) is 27.0 Å². The van der Waals surface area contributed by atoms with E-state index in [0.29, 0.717) is 11.2 Å². The maximum Gasteiger partial charge on any atom is 0.0670 e. The molecule has 0 fully saturated rings. The fraction of sp³-hybridized carbons (Fsp3) is 0.333. The van der Waals surface area contributed by atoms with E-state index in [9.17, 15) is 0 Å². The molecule has 3 heteroatoms. The highest BCUT2D eigenvalue weighted by Gasteiger charge is 2.01. The first-order chi connectivity index (χ1) is 5.74. The molecule has 0 saturated carbocycles. The molecule has 1 atom stereocenters. The Kier molecular flexibility index (Phi) is 3.24. The normalized spacial score (nSPS) is 12.1. The summed E-state index contributed by atoms with van der Waals surface area (Å²) in [4.78, 5) is 4.34. The highest BCUT2D eigenvalue weighted by molar-refractivity contribution is 9.09. The van der Waals surface area contributed by atoms with Crippen LogP contribution in [0.5, 0.6) is 0 Å². The molecule has 1 aromatic rings. The van der Waals surface area contributed by atoms with Crippen molar-refractivity contribution >= 4 is 15.9 Å². The average molecular weight is 225 g/mol. The molecule has 12 heavy (non-hydrogen) atoms. The lowest BCUT2D eigenvalue weighted by molar-refractivity contribution is 1.06. The molecule has 1 heterocycles. The third kappa shape index (κ3) is 2.31. The van der Waals surface area contributed by atoms with Gasteiger partial charge < -0.3 is 0 Å². The second kappa shape index (κ2) is 4.22. The van der Waals surface area contributed by atoms with Crippen LogP contribution in [-0.2, 0) is 6.42 Å². The van der Waals surface area contributed by atoms with Crippen LogP contribution in [0.2, 0.25) is 0 Å². The topological polar surface area (TPSA) is 36.7 Å². The van der Waals surface area contributed by atoms with E-state index in [0.717, 1.165) is 11.1 Å². The number of rotatable bonds is 2. The van der Waals surface area contributed by atoms with E-state index in [4.69, 9.17) is 5.26 Å². The summed E-state index contributed by atoms with van der Waals surface area (Å²) in [6, 6.07) is 4.09. The predicted octanol–water partition coefficient (Wildman–Crippen LogP) is 2.60. The summed E-state index contributed by atoms with van der Waals surface area (Å²) in [6.07, 6.45) is 3.96. The fourth-order valence-electron chi connectivity index (χ4n) is 0.913. The lowest BCUT2D eigenvalue weighted by atomic mass is 10.1. The van der Waals surface area contributed by atoms with Gasteiger partial charge in [-0.05, 0) is 18.1 Å². The standard InChI is InChI=1S/C9H9BrN2/c1-7(10)9-4-8(2-3-11)5-12-6-9/h4-7H,2H2,1H3. The molecule has 0 aromatic carbocycles. The van der Waals surface area contributed by atoms with Crippen LogP contribution in [0.3, 0.4) is 0 Å². The maximum absolute atomic E-state index is 8.46. The number of halogens is 1. The van der Waals surface area contributed by atoms with Crippen molar-refractivity contribution < 1.29 is 0 Å². The third-order valence-corrected chi connectivity index (χ3v) is 2.09. The van der Waals surface area contributed by atoms with E-state index in [1.54, 1.807) is 12.4 Å². The van der Waals surface area contributed by atoms with Gasteiger partial charge in [-0.2, -0.15) is 5.26 Å². The molecule has 1 aromatic heterocycles. The van der Waals surface area contributed by atoms with Gasteiger partial charge in [-0.25, -0.2) is 0 Å². The summed E-state index contributed by atoms with van der Waals surface area (Å²) < 4.78 is 0. The quantitative estimate of drug-likeness (QED) is 0.725. The van der Waals surface area contributed by atoms with Crippen molar-refractivity contribution in [1.82, 2.24) is 4.98 Å². The summed E-state index contributed by atoms with van der Waals surface area (Å²) in [5, 5.41) is 8.46. The van der Waals surface area contributed by atoms with Gasteiger partial charge in [0.15, 0.2) is 0 Å². The summed E-state index contributed by atoms with van der Waals surface area (Å²) in [5.74, 6) is 0. The largest absolute Gasteiger partial charge is 0.264 e. The molecule has 0 bridgehead atoms. The van der Waals surface area contributed by atoms with Gasteiger partial charge in [0.25, 0.3) is 0 Å². The zero-order valence-electron chi connectivity index (χ0n) is 6.79. The Balaban J connectivity index is 2.90. The second-order valence-electron chi connectivity index (χ2n) is 2.58. The van der Waals surface area contributed by atoms with Crippen molar-refractivity contribution in [2.45, 2.75) is 18.2 Å². The predicted molar refractivity (Wildman–Crippen MR) is 50.9 cm³/mol. The Morgan fingerprint density at radius 2 is 2.42 bits per heavy atom. The average Bonchev–Trinajstić information content (AvgIpc) is 2.05. The molecule has 0 aliphatic rings. The molecule has 62 valence electrons. The van der Waals surface area contributed by atoms with E-state index in [1.165, 1.54) is 0 Å². The summed E-state index contributed by atoms with van der Waals surface area (Å²) >= 11 is 3.44. The number of aromatic nitrogens is 1. The number of alkyl halides is 1. The lowest BCUT2D eigenvalue weighted by Gasteiger charge is -2.03. The minimum atomic E-state index is 0.295. The molecule has 1 rings (SSSR count). The second-order valence-corrected chi connectivity index (χ2v) is 3.95. The number of nitriles is 1. The fourth-order valence-corrected chi connectivity index (χ4v) is 1.16. The smallest absolute Gasteiger partial charge is 0.0670 e. The zero-order chi connectivity index (χ0) is 8.97. The number of hydrogen-bond donors (Lipinski definition) is 0. The van der Waals surface area contributed by atoms with Gasteiger partial charge in [-0.1, -0.05) is 22.0 Å². The molecule has 0 spiro atoms. The Bertz CT molecular complexity index is 302. The summed E-state index contributed by atoms with van der Waals surface area (Å²) in [6.45, 7) is 2.03. The van der Waals surface area contributed by atoms with Crippen molar-refractivity contribution in [1.29, 1.82) is 5.26 Å². The molecular formula is C9H9BrN2. The first-order valence-electron chi connectivity index (χ1n) is 3.69. The molecule has 0 N–H and O–H groups in total. The molecular weight excluding hydrogens is 216 g/mol. The Hall–Kier alpha value is -0.880. The number of nitrogens with zero attached hydrogens (tertiary/aromatic N) is 2. The Morgan fingerprint density at radius 1 is 1.67 bits per heavy atom. The van der Waals surface area contributed by atoms with Gasteiger partial charge in [-0.15, -0.1) is 0 Å². The molecule has 2 nitrogen and oxygen atoms in total. The lowest BCUT2D eigenvalue weighted by Crippen LogP contribution is -1.89. The van der Waals surface area contributed by atoms with Gasteiger partial charge in [0, 0.05) is 17.2 Å². The summed E-state index contributed by atoms with van der Waals surface area (Å²) in [7, 11) is 0. The van der Waals surface area contributed by atoms with Gasteiger partial charge >= 0.3 is 0 Å². The van der Waals surface area contributed by atoms with Gasteiger partial charge in [0.1, 0.15) is 0 Å². The number of pyridine rings is 1. The van der Waals surface area contributed by atoms with Crippen LogP contribution < -0.4 is 0 Å². The van der Waals surface area contributed by atoms with Crippen molar-refractivity contribution in [2.75, 3.05) is 0 Å². The molecule has 0 radical (unpaired) electrons. The Morgan fingerprint density at radius 3 is 3.00 bits per heavy atom. The number of hydrogen-bond acceptors (Lipinski definition) is 2. The van der Waals surface area contributed by atoms with Crippen LogP contribution in [0.25, 0.3) is 0 Å². The monoisotopic (exact) mass is 224 g/mol. The van der Waals surface area contributed by atoms with Gasteiger partial charge in [-0.3, -0.25) is 4.98 Å². The van der Waals surface area contributed by atoms with Crippen molar-refractivity contribution in [2.24, 2.45) is 0 Å².